The number of hydrogen-bond acceptors (Lipinski definition) is 17. The molecule has 452 valence electrons. The van der Waals surface area contributed by atoms with Gasteiger partial charge in [-0.1, -0.05) is 70.7 Å². The second-order valence-corrected chi connectivity index (χ2v) is 22.7. The lowest BCUT2D eigenvalue weighted by Crippen LogP contribution is -2.53. The number of rotatable bonds is 20. The first kappa shape index (κ1) is 67.5. The van der Waals surface area contributed by atoms with Gasteiger partial charge in [0.25, 0.3) is 0 Å². The number of aliphatic carboxylic acids is 1. The van der Waals surface area contributed by atoms with Crippen molar-refractivity contribution in [3.63, 3.8) is 0 Å². The molecule has 4 amide bonds. The summed E-state index contributed by atoms with van der Waals surface area (Å²) in [6.07, 6.45) is -1.30. The van der Waals surface area contributed by atoms with Crippen molar-refractivity contribution in [2.75, 3.05) is 87.2 Å². The van der Waals surface area contributed by atoms with Gasteiger partial charge in [0.05, 0.1) is 66.8 Å². The summed E-state index contributed by atoms with van der Waals surface area (Å²) in [6, 6.07) is 12.3. The second kappa shape index (κ2) is 29.5. The minimum Gasteiger partial charge on any atom is -0.481 e. The van der Waals surface area contributed by atoms with Crippen LogP contribution in [-0.2, 0) is 52.6 Å². The van der Waals surface area contributed by atoms with Gasteiger partial charge >= 0.3 is 23.9 Å². The zero-order valence-corrected chi connectivity index (χ0v) is 51.3. The number of ether oxygens (including phenoxy) is 3. The Balaban J connectivity index is 0.000000309. The number of esters is 3. The molecule has 0 aliphatic carbocycles. The summed E-state index contributed by atoms with van der Waals surface area (Å²) in [5.74, 6) is -7.85. The lowest BCUT2D eigenvalue weighted by atomic mass is 10.1. The van der Waals surface area contributed by atoms with Crippen molar-refractivity contribution in [1.82, 2.24) is 21.3 Å². The average molecular weight is 1240 g/mol. The number of hydrogen-bond donors (Lipinski definition) is 5. The number of carboxylic acids is 1. The number of nitrogens with one attached hydrogen (secondary N) is 4. The molecule has 0 spiro atoms. The number of nitrogens with zero attached hydrogens (tertiary/aromatic N) is 4. The van der Waals surface area contributed by atoms with Gasteiger partial charge in [0.15, 0.2) is 24.8 Å². The molecule has 22 nitrogen and oxygen atoms in total. The molecule has 0 saturated carbocycles. The number of amides is 4. The van der Waals surface area contributed by atoms with Crippen LogP contribution in [0.25, 0.3) is 0 Å². The van der Waals surface area contributed by atoms with Crippen LogP contribution in [0, 0.1) is 27.7 Å². The molecule has 0 saturated heterocycles. The predicted octanol–water partition coefficient (Wildman–Crippen LogP) is 5.99. The Bertz CT molecular complexity index is 3190. The van der Waals surface area contributed by atoms with Crippen LogP contribution < -0.4 is 40.9 Å². The van der Waals surface area contributed by atoms with Crippen LogP contribution in [0.3, 0.4) is 0 Å². The molecule has 6 rings (SSSR count). The first-order valence-corrected chi connectivity index (χ1v) is 27.8. The molecular formula is C58H68Cl4N8O14. The maximum absolute atomic E-state index is 13.6. The van der Waals surface area contributed by atoms with E-state index < -0.39 is 116 Å². The first-order chi connectivity index (χ1) is 39.3. The van der Waals surface area contributed by atoms with Crippen molar-refractivity contribution in [3.05, 3.63) is 114 Å². The highest BCUT2D eigenvalue weighted by atomic mass is 35.5. The fourth-order valence-electron chi connectivity index (χ4n) is 9.39. The zero-order chi connectivity index (χ0) is 62.7. The van der Waals surface area contributed by atoms with Gasteiger partial charge in [-0.25, -0.2) is 9.59 Å². The number of benzene rings is 4. The molecule has 2 aliphatic rings. The van der Waals surface area contributed by atoms with E-state index in [1.807, 2.05) is 75.9 Å². The Morgan fingerprint density at radius 2 is 0.964 bits per heavy atom. The van der Waals surface area contributed by atoms with Crippen LogP contribution in [0.1, 0.15) is 76.6 Å². The molecule has 0 bridgehead atoms. The highest BCUT2D eigenvalue weighted by Crippen LogP contribution is 2.38. The van der Waals surface area contributed by atoms with Crippen LogP contribution in [0.5, 0.6) is 0 Å². The molecule has 5 N–H and O–H groups in total. The maximum Gasteiger partial charge on any atom is 0.341 e. The Morgan fingerprint density at radius 1 is 0.607 bits per heavy atom. The number of Topliss-reactive ketones (excluding diaryl/α,β-unsaturated/α-hetero) is 2. The number of carbonyl (C=O) groups excluding carboxylic acids is 9. The molecule has 0 aromatic heterocycles. The summed E-state index contributed by atoms with van der Waals surface area (Å²) in [5.41, 5.74) is 5.02. The van der Waals surface area contributed by atoms with E-state index in [2.05, 4.69) is 21.3 Å². The number of ketones is 2. The van der Waals surface area contributed by atoms with E-state index in [0.29, 0.717) is 24.5 Å². The fourth-order valence-corrected chi connectivity index (χ4v) is 10.5. The van der Waals surface area contributed by atoms with Crippen LogP contribution in [-0.4, -0.2) is 162 Å². The maximum atomic E-state index is 13.6. The largest absolute Gasteiger partial charge is 0.481 e. The standard InChI is InChI=1S/C31H38Cl2N4O7.C27H30Cl2N4O7/c1-17-11-18(2)28-23(12-17)36(7)14-22(34-6)29(41)37(28)15-25(39)35-21(13-26(40)44-31(3,4)5)24(38)16-43-30(42)27-19(32)9-8-10-20(27)33;1-14-8-15(2)25-20(9-14)32(4)11-19(30-3)26(38)33(25)12-22(35)31-18(10-23(36)37)21(34)13-40-27(39)24-16(28)6-5-7-17(24)29/h8-12,21-22,34H,13-16H2,1-7H3,(H,35,39);5-9,18-19,30H,10-13H2,1-4H3,(H,31,35)(H,36,37)/t21-,22-;18-,19-/m00/s1. The summed E-state index contributed by atoms with van der Waals surface area (Å²) in [5, 5.41) is 20.3. The second-order valence-electron chi connectivity index (χ2n) is 21.1. The number of carboxylic acid groups (broad SMARTS) is 1. The summed E-state index contributed by atoms with van der Waals surface area (Å²) in [7, 11) is 7.01. The molecule has 2 heterocycles. The Hall–Kier alpha value is -7.34. The van der Waals surface area contributed by atoms with Crippen molar-refractivity contribution in [2.45, 2.75) is 91.1 Å². The van der Waals surface area contributed by atoms with Crippen molar-refractivity contribution in [3.8, 4) is 0 Å². The molecule has 4 atom stereocenters. The van der Waals surface area contributed by atoms with Gasteiger partial charge in [0.2, 0.25) is 23.6 Å². The summed E-state index contributed by atoms with van der Waals surface area (Å²) < 4.78 is 15.5. The van der Waals surface area contributed by atoms with E-state index >= 15 is 0 Å². The molecule has 84 heavy (non-hydrogen) atoms. The Kier molecular flexibility index (Phi) is 23.7. The molecule has 4 aromatic carbocycles. The van der Waals surface area contributed by atoms with Crippen LogP contribution >= 0.6 is 46.4 Å². The van der Waals surface area contributed by atoms with E-state index in [9.17, 15) is 53.1 Å². The van der Waals surface area contributed by atoms with Gasteiger partial charge in [0, 0.05) is 27.2 Å². The third-order valence-corrected chi connectivity index (χ3v) is 14.5. The number of fused-ring (bicyclic) bond motifs is 2. The van der Waals surface area contributed by atoms with Gasteiger partial charge in [-0.05, 0) is 121 Å². The Morgan fingerprint density at radius 3 is 1.30 bits per heavy atom. The molecule has 0 radical (unpaired) electrons. The van der Waals surface area contributed by atoms with E-state index in [1.54, 1.807) is 40.9 Å². The third-order valence-electron chi connectivity index (χ3n) is 13.2. The Labute approximate surface area is 506 Å². The number of carbonyl (C=O) groups is 10. The van der Waals surface area contributed by atoms with Crippen molar-refractivity contribution < 1.29 is 67.3 Å². The third kappa shape index (κ3) is 17.6. The number of halogens is 4. The van der Waals surface area contributed by atoms with E-state index in [4.69, 9.17) is 60.6 Å². The highest BCUT2D eigenvalue weighted by Gasteiger charge is 2.38. The molecule has 4 aromatic rings. The minimum atomic E-state index is -1.53. The van der Waals surface area contributed by atoms with Crippen molar-refractivity contribution >= 4 is 128 Å². The quantitative estimate of drug-likeness (QED) is 0.0502. The van der Waals surface area contributed by atoms with Crippen LogP contribution in [0.2, 0.25) is 20.1 Å². The number of likely N-dealkylation sites (N-methyl/N-ethyl adjacent to an activating group) is 4. The highest BCUT2D eigenvalue weighted by molar-refractivity contribution is 6.40. The first-order valence-electron chi connectivity index (χ1n) is 26.3. The number of anilines is 4. The normalized spacial score (nSPS) is 15.7. The number of aryl methyl sites for hydroxylation is 4. The van der Waals surface area contributed by atoms with Gasteiger partial charge in [-0.15, -0.1) is 0 Å². The van der Waals surface area contributed by atoms with Crippen LogP contribution in [0.4, 0.5) is 22.7 Å². The monoisotopic (exact) mass is 1240 g/mol. The lowest BCUT2D eigenvalue weighted by Gasteiger charge is -2.28. The average Bonchev–Trinajstić information content (AvgIpc) is 2.15. The fraction of sp³-hybridized carbons (Fsp3) is 0.414. The molecular weight excluding hydrogens is 1170 g/mol. The van der Waals surface area contributed by atoms with Crippen molar-refractivity contribution in [2.24, 2.45) is 0 Å². The SMILES string of the molecule is CN[C@H]1CN(C)c2cc(C)cc(C)c2N(CC(=O)N[C@@H](CC(=O)O)C(=O)COC(=O)c2c(Cl)cccc2Cl)C1=O.CN[C@H]1CN(C)c2cc(C)cc(C)c2N(CC(=O)N[C@@H](CC(=O)OC(C)(C)C)C(=O)COC(=O)c2c(Cl)cccc2Cl)C1=O. The lowest BCUT2D eigenvalue weighted by molar-refractivity contribution is -0.156. The van der Waals surface area contributed by atoms with Gasteiger partial charge in [-0.2, -0.15) is 0 Å². The van der Waals surface area contributed by atoms with Crippen LogP contribution in [0.15, 0.2) is 60.7 Å². The molecule has 26 heteroatoms. The summed E-state index contributed by atoms with van der Waals surface area (Å²) >= 11 is 24.1. The van der Waals surface area contributed by atoms with Gasteiger partial charge < -0.3 is 50.4 Å². The van der Waals surface area contributed by atoms with Crippen molar-refractivity contribution in [1.29, 1.82) is 0 Å². The summed E-state index contributed by atoms with van der Waals surface area (Å²) in [4.78, 5) is 136. The summed E-state index contributed by atoms with van der Waals surface area (Å²) in [6.45, 7) is 10.7. The predicted molar refractivity (Wildman–Crippen MR) is 319 cm³/mol. The minimum absolute atomic E-state index is 0.0127. The van der Waals surface area contributed by atoms with E-state index in [1.165, 1.54) is 40.1 Å². The van der Waals surface area contributed by atoms with Gasteiger partial charge in [-0.3, -0.25) is 48.2 Å². The van der Waals surface area contributed by atoms with Gasteiger partial charge in [0.1, 0.15) is 42.9 Å². The van der Waals surface area contributed by atoms with E-state index in [-0.39, 0.29) is 43.0 Å². The zero-order valence-electron chi connectivity index (χ0n) is 48.3. The van der Waals surface area contributed by atoms with E-state index in [0.717, 1.165) is 33.6 Å². The molecule has 2 aliphatic heterocycles. The molecule has 0 unspecified atom stereocenters. The molecule has 0 fully saturated rings. The smallest absolute Gasteiger partial charge is 0.341 e. The topological polar surface area (TPSA) is 280 Å².